The van der Waals surface area contributed by atoms with Gasteiger partial charge in [-0.05, 0) is 17.9 Å². The van der Waals surface area contributed by atoms with Crippen molar-refractivity contribution >= 4 is 34.0 Å². The lowest BCUT2D eigenvalue weighted by molar-refractivity contribution is 0.958. The lowest BCUT2D eigenvalue weighted by Gasteiger charge is -2.04. The molecule has 0 N–H and O–H groups in total. The average molecular weight is 288 g/mol. The second kappa shape index (κ2) is 6.37. The van der Waals surface area contributed by atoms with Gasteiger partial charge in [0.05, 0.1) is 16.3 Å². The van der Waals surface area contributed by atoms with Crippen LogP contribution >= 0.6 is 23.4 Å². The Balaban J connectivity index is 2.53. The van der Waals surface area contributed by atoms with Crippen LogP contribution in [-0.2, 0) is 0 Å². The minimum atomic E-state index is 0.352. The predicted molar refractivity (Wildman–Crippen MR) is 78.5 cm³/mol. The van der Waals surface area contributed by atoms with Crippen molar-refractivity contribution in [1.29, 1.82) is 5.26 Å². The van der Waals surface area contributed by atoms with Crippen LogP contribution in [0.15, 0.2) is 47.8 Å². The van der Waals surface area contributed by atoms with Gasteiger partial charge in [0, 0.05) is 6.20 Å². The topological polar surface area (TPSA) is 49.6 Å². The van der Waals surface area contributed by atoms with E-state index in [1.165, 1.54) is 11.8 Å². The van der Waals surface area contributed by atoms with Gasteiger partial charge in [0.2, 0.25) is 0 Å². The molecule has 0 fully saturated rings. The monoisotopic (exact) mass is 287 g/mol. The molecule has 3 nitrogen and oxygen atoms in total. The van der Waals surface area contributed by atoms with Gasteiger partial charge in [0.1, 0.15) is 6.07 Å². The van der Waals surface area contributed by atoms with Crippen LogP contribution in [0.25, 0.3) is 10.6 Å². The molecule has 19 heavy (non-hydrogen) atoms. The first-order valence-corrected chi connectivity index (χ1v) is 7.09. The molecule has 0 radical (unpaired) electrons. The normalized spacial score (nSPS) is 11.6. The largest absolute Gasteiger partial charge is 0.231 e. The minimum absolute atomic E-state index is 0.352. The van der Waals surface area contributed by atoms with Crippen LogP contribution in [0.4, 0.5) is 0 Å². The maximum absolute atomic E-state index is 9.32. The van der Waals surface area contributed by atoms with Crippen LogP contribution in [0.2, 0.25) is 0 Å². The second-order valence-electron chi connectivity index (χ2n) is 3.60. The van der Waals surface area contributed by atoms with Gasteiger partial charge in [-0.3, -0.25) is 0 Å². The van der Waals surface area contributed by atoms with Crippen molar-refractivity contribution in [3.05, 3.63) is 53.9 Å². The summed E-state index contributed by atoms with van der Waals surface area (Å²) < 4.78 is 0. The highest BCUT2D eigenvalue weighted by Gasteiger charge is 2.11. The summed E-state index contributed by atoms with van der Waals surface area (Å²) in [6.07, 6.45) is 3.51. The molecule has 0 saturated heterocycles. The Morgan fingerprint density at radius 1 is 1.26 bits per heavy atom. The lowest BCUT2D eigenvalue weighted by Crippen LogP contribution is -1.93. The molecule has 0 aliphatic heterocycles. The highest BCUT2D eigenvalue weighted by Crippen LogP contribution is 2.28. The number of nitrogens with zero attached hydrogens (tertiary/aromatic N) is 3. The van der Waals surface area contributed by atoms with Crippen molar-refractivity contribution in [3.8, 4) is 6.07 Å². The summed E-state index contributed by atoms with van der Waals surface area (Å²) in [5, 5.41) is 10.3. The van der Waals surface area contributed by atoms with E-state index in [2.05, 4.69) is 16.0 Å². The third-order valence-electron chi connectivity index (χ3n) is 2.43. The van der Waals surface area contributed by atoms with Crippen LogP contribution in [0.5, 0.6) is 0 Å². The Morgan fingerprint density at radius 2 is 2.00 bits per heavy atom. The van der Waals surface area contributed by atoms with Crippen LogP contribution in [0, 0.1) is 11.3 Å². The van der Waals surface area contributed by atoms with Crippen LogP contribution in [-0.4, -0.2) is 16.2 Å². The van der Waals surface area contributed by atoms with Crippen LogP contribution < -0.4 is 0 Å². The number of benzene rings is 1. The van der Waals surface area contributed by atoms with E-state index < -0.39 is 0 Å². The first-order chi connectivity index (χ1) is 9.26. The summed E-state index contributed by atoms with van der Waals surface area (Å²) in [5.41, 5.74) is 1.69. The second-order valence-corrected chi connectivity index (χ2v) is 4.75. The van der Waals surface area contributed by atoms with Gasteiger partial charge in [-0.25, -0.2) is 9.97 Å². The summed E-state index contributed by atoms with van der Waals surface area (Å²) in [5.74, 6) is 0. The molecule has 1 heterocycles. The molecule has 0 spiro atoms. The van der Waals surface area contributed by atoms with Gasteiger partial charge in [-0.1, -0.05) is 53.7 Å². The maximum atomic E-state index is 9.32. The molecular weight excluding hydrogens is 278 g/mol. The molecule has 0 amide bonds. The molecule has 0 saturated carbocycles. The molecule has 0 atom stereocenters. The number of nitriles is 1. The van der Waals surface area contributed by atoms with E-state index in [-0.39, 0.29) is 0 Å². The Bertz CT molecular complexity index is 647. The molecular formula is C14H10ClN3S. The standard InChI is InChI=1S/C14H10ClN3S/c1-19-14-17-8-7-12(18-14)11(9-16)13(15)10-5-3-2-4-6-10/h2-8H,1H3. The van der Waals surface area contributed by atoms with Crippen molar-refractivity contribution in [2.75, 3.05) is 6.26 Å². The highest BCUT2D eigenvalue weighted by atomic mass is 35.5. The minimum Gasteiger partial charge on any atom is -0.231 e. The molecule has 0 bridgehead atoms. The van der Waals surface area contributed by atoms with Crippen LogP contribution in [0.1, 0.15) is 11.3 Å². The Kier molecular flexibility index (Phi) is 4.56. The molecule has 0 unspecified atom stereocenters. The number of rotatable bonds is 3. The van der Waals surface area contributed by atoms with Crippen molar-refractivity contribution < 1.29 is 0 Å². The van der Waals surface area contributed by atoms with Gasteiger partial charge in [-0.2, -0.15) is 5.26 Å². The summed E-state index contributed by atoms with van der Waals surface area (Å²) in [6, 6.07) is 13.2. The molecule has 2 rings (SSSR count). The number of aromatic nitrogens is 2. The molecule has 1 aromatic heterocycles. The third-order valence-corrected chi connectivity index (χ3v) is 3.40. The van der Waals surface area contributed by atoms with E-state index in [1.54, 1.807) is 12.3 Å². The van der Waals surface area contributed by atoms with E-state index in [0.717, 1.165) is 5.56 Å². The van der Waals surface area contributed by atoms with Crippen LogP contribution in [0.3, 0.4) is 0 Å². The zero-order valence-corrected chi connectivity index (χ0v) is 11.7. The van der Waals surface area contributed by atoms with Gasteiger partial charge >= 0.3 is 0 Å². The fraction of sp³-hybridized carbons (Fsp3) is 0.0714. The van der Waals surface area contributed by atoms with Crippen molar-refractivity contribution in [1.82, 2.24) is 9.97 Å². The Morgan fingerprint density at radius 3 is 2.63 bits per heavy atom. The van der Waals surface area contributed by atoms with Crippen molar-refractivity contribution in [2.45, 2.75) is 5.16 Å². The van der Waals surface area contributed by atoms with E-state index in [0.29, 0.717) is 21.5 Å². The smallest absolute Gasteiger partial charge is 0.187 e. The fourth-order valence-electron chi connectivity index (χ4n) is 1.53. The molecule has 2 aromatic rings. The molecule has 94 valence electrons. The molecule has 0 aliphatic rings. The number of hydrogen-bond donors (Lipinski definition) is 0. The zero-order valence-electron chi connectivity index (χ0n) is 10.2. The Labute approximate surface area is 121 Å². The fourth-order valence-corrected chi connectivity index (χ4v) is 2.15. The Hall–Kier alpha value is -1.83. The quantitative estimate of drug-likeness (QED) is 0.489. The predicted octanol–water partition coefficient (Wildman–Crippen LogP) is 3.83. The first kappa shape index (κ1) is 13.6. The van der Waals surface area contributed by atoms with Gasteiger partial charge in [0.15, 0.2) is 5.16 Å². The molecule has 0 aliphatic carbocycles. The SMILES string of the molecule is CSc1nccc(C(C#N)=C(Cl)c2ccccc2)n1. The highest BCUT2D eigenvalue weighted by molar-refractivity contribution is 7.98. The lowest BCUT2D eigenvalue weighted by atomic mass is 10.1. The van der Waals surface area contributed by atoms with Crippen molar-refractivity contribution in [3.63, 3.8) is 0 Å². The number of thioether (sulfide) groups is 1. The summed E-state index contributed by atoms with van der Waals surface area (Å²) >= 11 is 7.71. The zero-order chi connectivity index (χ0) is 13.7. The van der Waals surface area contributed by atoms with Gasteiger partial charge in [0.25, 0.3) is 0 Å². The first-order valence-electron chi connectivity index (χ1n) is 5.49. The van der Waals surface area contributed by atoms with E-state index in [9.17, 15) is 5.26 Å². The maximum Gasteiger partial charge on any atom is 0.187 e. The number of halogens is 1. The molecule has 5 heteroatoms. The third kappa shape index (κ3) is 3.14. The van der Waals surface area contributed by atoms with E-state index >= 15 is 0 Å². The van der Waals surface area contributed by atoms with Crippen molar-refractivity contribution in [2.24, 2.45) is 0 Å². The van der Waals surface area contributed by atoms with E-state index in [1.807, 2.05) is 36.6 Å². The van der Waals surface area contributed by atoms with Gasteiger partial charge in [-0.15, -0.1) is 0 Å². The summed E-state index contributed by atoms with van der Waals surface area (Å²) in [4.78, 5) is 8.38. The van der Waals surface area contributed by atoms with E-state index in [4.69, 9.17) is 11.6 Å². The molecule has 1 aromatic carbocycles. The summed E-state index contributed by atoms with van der Waals surface area (Å²) in [7, 11) is 0. The number of allylic oxidation sites excluding steroid dienone is 1. The number of hydrogen-bond acceptors (Lipinski definition) is 4. The van der Waals surface area contributed by atoms with Gasteiger partial charge < -0.3 is 0 Å². The summed E-state index contributed by atoms with van der Waals surface area (Å²) in [6.45, 7) is 0. The average Bonchev–Trinajstić information content (AvgIpc) is 2.49.